The number of methoxy groups -OCH3 is 1. The lowest BCUT2D eigenvalue weighted by atomic mass is 10.1. The fourth-order valence-electron chi connectivity index (χ4n) is 0.898. The topological polar surface area (TPSA) is 26.3 Å². The standard InChI is InChI=1S/C11H9BrO2/c1-8-3-5-10(12)7-9(8)4-6-11(13)14-2/h3,5,7H,1-2H3. The number of hydrogen-bond acceptors (Lipinski definition) is 2. The van der Waals surface area contributed by atoms with Crippen molar-refractivity contribution in [3.8, 4) is 11.8 Å². The number of carbonyl (C=O) groups is 1. The minimum atomic E-state index is -0.524. The molecule has 0 amide bonds. The molecule has 0 bridgehead atoms. The van der Waals surface area contributed by atoms with Gasteiger partial charge in [-0.3, -0.25) is 0 Å². The summed E-state index contributed by atoms with van der Waals surface area (Å²) in [7, 11) is 1.31. The predicted octanol–water partition coefficient (Wildman–Crippen LogP) is 2.28. The molecule has 14 heavy (non-hydrogen) atoms. The van der Waals surface area contributed by atoms with E-state index in [0.29, 0.717) is 0 Å². The molecular formula is C11H9BrO2. The van der Waals surface area contributed by atoms with Crippen LogP contribution in [0.3, 0.4) is 0 Å². The van der Waals surface area contributed by atoms with Crippen LogP contribution in [0.2, 0.25) is 0 Å². The molecule has 0 aliphatic rings. The molecule has 0 unspecified atom stereocenters. The zero-order chi connectivity index (χ0) is 10.6. The molecule has 0 N–H and O–H groups in total. The van der Waals surface area contributed by atoms with Crippen LogP contribution >= 0.6 is 15.9 Å². The van der Waals surface area contributed by atoms with Gasteiger partial charge in [-0.15, -0.1) is 0 Å². The van der Waals surface area contributed by atoms with Gasteiger partial charge in [0.15, 0.2) is 0 Å². The number of carbonyl (C=O) groups excluding carboxylic acids is 1. The van der Waals surface area contributed by atoms with Gasteiger partial charge in [0.1, 0.15) is 0 Å². The van der Waals surface area contributed by atoms with E-state index in [1.807, 2.05) is 25.1 Å². The first kappa shape index (κ1) is 10.8. The van der Waals surface area contributed by atoms with Crippen molar-refractivity contribution in [1.29, 1.82) is 0 Å². The van der Waals surface area contributed by atoms with Crippen molar-refractivity contribution >= 4 is 21.9 Å². The number of hydrogen-bond donors (Lipinski definition) is 0. The summed E-state index contributed by atoms with van der Waals surface area (Å²) < 4.78 is 5.36. The smallest absolute Gasteiger partial charge is 0.384 e. The van der Waals surface area contributed by atoms with Gasteiger partial charge in [-0.05, 0) is 24.6 Å². The van der Waals surface area contributed by atoms with Crippen LogP contribution in [0.4, 0.5) is 0 Å². The summed E-state index contributed by atoms with van der Waals surface area (Å²) >= 11 is 3.34. The second-order valence-corrected chi connectivity index (χ2v) is 3.62. The van der Waals surface area contributed by atoms with Crippen molar-refractivity contribution in [3.63, 3.8) is 0 Å². The molecule has 0 fully saturated rings. The van der Waals surface area contributed by atoms with Crippen molar-refractivity contribution in [2.45, 2.75) is 6.92 Å². The molecule has 0 aliphatic carbocycles. The van der Waals surface area contributed by atoms with Crippen LogP contribution < -0.4 is 0 Å². The van der Waals surface area contributed by atoms with Gasteiger partial charge in [0, 0.05) is 16.0 Å². The molecule has 0 aliphatic heterocycles. The van der Waals surface area contributed by atoms with Gasteiger partial charge in [0.05, 0.1) is 7.11 Å². The van der Waals surface area contributed by atoms with Gasteiger partial charge in [0.25, 0.3) is 0 Å². The molecule has 72 valence electrons. The van der Waals surface area contributed by atoms with Gasteiger partial charge in [-0.1, -0.05) is 27.9 Å². The summed E-state index contributed by atoms with van der Waals surface area (Å²) in [5, 5.41) is 0. The first-order valence-electron chi connectivity index (χ1n) is 3.99. The molecular weight excluding hydrogens is 244 g/mol. The van der Waals surface area contributed by atoms with Gasteiger partial charge >= 0.3 is 5.97 Å². The van der Waals surface area contributed by atoms with E-state index < -0.39 is 5.97 Å². The Hall–Kier alpha value is -1.27. The fraction of sp³-hybridized carbons (Fsp3) is 0.182. The number of esters is 1. The van der Waals surface area contributed by atoms with E-state index >= 15 is 0 Å². The van der Waals surface area contributed by atoms with Crippen molar-refractivity contribution < 1.29 is 9.53 Å². The highest BCUT2D eigenvalue weighted by Gasteiger charge is 1.96. The number of rotatable bonds is 0. The molecule has 3 heteroatoms. The van der Waals surface area contributed by atoms with Crippen molar-refractivity contribution in [3.05, 3.63) is 33.8 Å². The highest BCUT2D eigenvalue weighted by Crippen LogP contribution is 2.14. The lowest BCUT2D eigenvalue weighted by Crippen LogP contribution is -1.94. The Morgan fingerprint density at radius 2 is 2.21 bits per heavy atom. The molecule has 1 aromatic carbocycles. The third kappa shape index (κ3) is 2.90. The van der Waals surface area contributed by atoms with Crippen LogP contribution in [0.1, 0.15) is 11.1 Å². The van der Waals surface area contributed by atoms with Gasteiger partial charge in [-0.2, -0.15) is 0 Å². The Bertz CT molecular complexity index is 413. The zero-order valence-electron chi connectivity index (χ0n) is 7.93. The average Bonchev–Trinajstić information content (AvgIpc) is 2.19. The van der Waals surface area contributed by atoms with Crippen LogP contribution in [0, 0.1) is 18.8 Å². The lowest BCUT2D eigenvalue weighted by Gasteiger charge is -1.97. The van der Waals surface area contributed by atoms with Gasteiger partial charge in [-0.25, -0.2) is 4.79 Å². The Labute approximate surface area is 91.4 Å². The van der Waals surface area contributed by atoms with Crippen molar-refractivity contribution in [2.75, 3.05) is 7.11 Å². The number of halogens is 1. The number of benzene rings is 1. The monoisotopic (exact) mass is 252 g/mol. The first-order chi connectivity index (χ1) is 6.63. The van der Waals surface area contributed by atoms with Gasteiger partial charge < -0.3 is 4.74 Å². The van der Waals surface area contributed by atoms with E-state index in [1.165, 1.54) is 7.11 Å². The summed E-state index contributed by atoms with van der Waals surface area (Å²) in [4.78, 5) is 10.8. The molecule has 2 nitrogen and oxygen atoms in total. The Kier molecular flexibility index (Phi) is 3.73. The van der Waals surface area contributed by atoms with E-state index in [1.54, 1.807) is 0 Å². The predicted molar refractivity (Wildman–Crippen MR) is 57.8 cm³/mol. The third-order valence-electron chi connectivity index (χ3n) is 1.68. The Morgan fingerprint density at radius 1 is 1.50 bits per heavy atom. The fourth-order valence-corrected chi connectivity index (χ4v) is 1.26. The third-order valence-corrected chi connectivity index (χ3v) is 2.18. The molecule has 0 saturated heterocycles. The summed E-state index contributed by atoms with van der Waals surface area (Å²) in [6, 6.07) is 5.73. The summed E-state index contributed by atoms with van der Waals surface area (Å²) in [6.07, 6.45) is 0. The Balaban J connectivity index is 3.00. The zero-order valence-corrected chi connectivity index (χ0v) is 9.51. The number of ether oxygens (including phenoxy) is 1. The molecule has 1 aromatic rings. The van der Waals surface area contributed by atoms with E-state index in [4.69, 9.17) is 0 Å². The SMILES string of the molecule is COC(=O)C#Cc1cc(Br)ccc1C. The summed E-state index contributed by atoms with van der Waals surface area (Å²) in [6.45, 7) is 1.94. The van der Waals surface area contributed by atoms with E-state index in [0.717, 1.165) is 15.6 Å². The first-order valence-corrected chi connectivity index (χ1v) is 4.79. The molecule has 0 spiro atoms. The van der Waals surface area contributed by atoms with Crippen molar-refractivity contribution in [2.24, 2.45) is 0 Å². The Morgan fingerprint density at radius 3 is 2.86 bits per heavy atom. The van der Waals surface area contributed by atoms with Crippen LogP contribution in [-0.4, -0.2) is 13.1 Å². The van der Waals surface area contributed by atoms with E-state index in [9.17, 15) is 4.79 Å². The minimum Gasteiger partial charge on any atom is -0.459 e. The molecule has 1 rings (SSSR count). The van der Waals surface area contributed by atoms with E-state index in [2.05, 4.69) is 32.5 Å². The largest absolute Gasteiger partial charge is 0.459 e. The summed E-state index contributed by atoms with van der Waals surface area (Å²) in [5.41, 5.74) is 1.86. The highest BCUT2D eigenvalue weighted by molar-refractivity contribution is 9.10. The van der Waals surface area contributed by atoms with E-state index in [-0.39, 0.29) is 0 Å². The highest BCUT2D eigenvalue weighted by atomic mass is 79.9. The lowest BCUT2D eigenvalue weighted by molar-refractivity contribution is -0.133. The quantitative estimate of drug-likeness (QED) is 0.523. The van der Waals surface area contributed by atoms with Crippen LogP contribution in [-0.2, 0) is 9.53 Å². The maximum Gasteiger partial charge on any atom is 0.384 e. The maximum absolute atomic E-state index is 10.8. The average molecular weight is 253 g/mol. The molecule has 0 heterocycles. The summed E-state index contributed by atoms with van der Waals surface area (Å²) in [5.74, 6) is 4.61. The second-order valence-electron chi connectivity index (χ2n) is 2.70. The normalized spacial score (nSPS) is 8.79. The maximum atomic E-state index is 10.8. The minimum absolute atomic E-state index is 0.524. The van der Waals surface area contributed by atoms with Crippen LogP contribution in [0.15, 0.2) is 22.7 Å². The molecule has 0 aromatic heterocycles. The number of aryl methyl sites for hydroxylation is 1. The molecule has 0 radical (unpaired) electrons. The van der Waals surface area contributed by atoms with Gasteiger partial charge in [0.2, 0.25) is 0 Å². The molecule has 0 atom stereocenters. The second kappa shape index (κ2) is 4.83. The molecule has 0 saturated carbocycles. The van der Waals surface area contributed by atoms with Crippen molar-refractivity contribution in [1.82, 2.24) is 0 Å². The van der Waals surface area contributed by atoms with Crippen LogP contribution in [0.5, 0.6) is 0 Å². The van der Waals surface area contributed by atoms with Crippen LogP contribution in [0.25, 0.3) is 0 Å².